The van der Waals surface area contributed by atoms with Gasteiger partial charge in [-0.05, 0) is 17.5 Å². The van der Waals surface area contributed by atoms with Crippen LogP contribution in [0.3, 0.4) is 0 Å². The first-order valence-electron chi connectivity index (χ1n) is 6.79. The van der Waals surface area contributed by atoms with E-state index in [1.165, 1.54) is 4.31 Å². The van der Waals surface area contributed by atoms with Gasteiger partial charge in [0, 0.05) is 42.9 Å². The quantitative estimate of drug-likeness (QED) is 0.821. The van der Waals surface area contributed by atoms with Gasteiger partial charge in [0.15, 0.2) is 0 Å². The summed E-state index contributed by atoms with van der Waals surface area (Å²) in [6, 6.07) is 5.91. The van der Waals surface area contributed by atoms with Crippen molar-refractivity contribution in [2.45, 2.75) is 37.9 Å². The molecule has 7 heteroatoms. The highest BCUT2D eigenvalue weighted by Gasteiger charge is 2.22. The van der Waals surface area contributed by atoms with Crippen LogP contribution in [0.2, 0.25) is 0 Å². The Bertz CT molecular complexity index is 660. The fourth-order valence-electron chi connectivity index (χ4n) is 1.87. The number of aromatic nitrogens is 1. The van der Waals surface area contributed by atoms with Crippen LogP contribution in [0.1, 0.15) is 24.4 Å². The largest absolute Gasteiger partial charge is 0.363 e. The van der Waals surface area contributed by atoms with Crippen LogP contribution in [0.5, 0.6) is 0 Å². The molecular weight excluding hydrogens is 306 g/mol. The highest BCUT2D eigenvalue weighted by atomic mass is 32.2. The molecule has 0 amide bonds. The summed E-state index contributed by atoms with van der Waals surface area (Å²) >= 11 is 1.56. The van der Waals surface area contributed by atoms with Crippen molar-refractivity contribution < 1.29 is 8.42 Å². The van der Waals surface area contributed by atoms with E-state index in [0.29, 0.717) is 24.0 Å². The number of sulfonamides is 1. The predicted molar refractivity (Wildman–Crippen MR) is 85.7 cm³/mol. The molecule has 0 unspecified atom stereocenters. The molecule has 0 atom stereocenters. The van der Waals surface area contributed by atoms with Gasteiger partial charge >= 0.3 is 0 Å². The zero-order valence-corrected chi connectivity index (χ0v) is 14.1. The van der Waals surface area contributed by atoms with Crippen LogP contribution in [0, 0.1) is 0 Å². The number of hydrogen-bond donors (Lipinski definition) is 2. The Kier molecular flexibility index (Phi) is 5.21. The first-order chi connectivity index (χ1) is 9.89. The third-order valence-electron chi connectivity index (χ3n) is 3.08. The van der Waals surface area contributed by atoms with E-state index in [9.17, 15) is 8.42 Å². The number of thiophene rings is 1. The van der Waals surface area contributed by atoms with Gasteiger partial charge in [-0.2, -0.15) is 4.31 Å². The molecule has 0 bridgehead atoms. The minimum absolute atomic E-state index is 0.308. The number of nitrogens with one attached hydrogen (secondary N) is 2. The zero-order chi connectivity index (χ0) is 15.5. The molecule has 2 heterocycles. The van der Waals surface area contributed by atoms with Gasteiger partial charge in [0.05, 0.1) is 4.90 Å². The van der Waals surface area contributed by atoms with Crippen molar-refractivity contribution in [2.24, 2.45) is 0 Å². The van der Waals surface area contributed by atoms with Gasteiger partial charge < -0.3 is 10.3 Å². The summed E-state index contributed by atoms with van der Waals surface area (Å²) in [5, 5.41) is 5.20. The van der Waals surface area contributed by atoms with E-state index in [0.717, 1.165) is 10.6 Å². The van der Waals surface area contributed by atoms with Crippen LogP contribution in [0.15, 0.2) is 34.7 Å². The minimum atomic E-state index is -3.45. The van der Waals surface area contributed by atoms with E-state index in [4.69, 9.17) is 0 Å². The van der Waals surface area contributed by atoms with Gasteiger partial charge in [0.25, 0.3) is 0 Å². The molecule has 0 saturated carbocycles. The van der Waals surface area contributed by atoms with Crippen molar-refractivity contribution in [2.75, 3.05) is 7.05 Å². The molecule has 2 N–H and O–H groups in total. The van der Waals surface area contributed by atoms with E-state index in [-0.39, 0.29) is 0 Å². The normalized spacial score (nSPS) is 12.4. The molecular formula is C14H21N3O2S2. The number of hydrogen-bond acceptors (Lipinski definition) is 4. The monoisotopic (exact) mass is 327 g/mol. The van der Waals surface area contributed by atoms with Gasteiger partial charge in [0.1, 0.15) is 0 Å². The Morgan fingerprint density at radius 3 is 2.81 bits per heavy atom. The molecule has 5 nitrogen and oxygen atoms in total. The summed E-state index contributed by atoms with van der Waals surface area (Å²) in [4.78, 5) is 4.35. The van der Waals surface area contributed by atoms with Crippen molar-refractivity contribution in [3.8, 4) is 0 Å². The second kappa shape index (κ2) is 6.74. The Balaban J connectivity index is 2.08. The summed E-state index contributed by atoms with van der Waals surface area (Å²) in [6.45, 7) is 5.12. The summed E-state index contributed by atoms with van der Waals surface area (Å²) < 4.78 is 26.4. The molecule has 0 fully saturated rings. The zero-order valence-electron chi connectivity index (χ0n) is 12.5. The maximum Gasteiger partial charge on any atom is 0.244 e. The molecule has 0 aromatic carbocycles. The predicted octanol–water partition coefficient (Wildman–Crippen LogP) is 2.39. The lowest BCUT2D eigenvalue weighted by atomic mass is 10.3. The lowest BCUT2D eigenvalue weighted by molar-refractivity contribution is 0.470. The van der Waals surface area contributed by atoms with Crippen molar-refractivity contribution >= 4 is 21.4 Å². The van der Waals surface area contributed by atoms with E-state index >= 15 is 0 Å². The van der Waals surface area contributed by atoms with Crippen LogP contribution in [0.25, 0.3) is 0 Å². The number of aromatic amines is 1. The van der Waals surface area contributed by atoms with Gasteiger partial charge in [0.2, 0.25) is 10.0 Å². The Morgan fingerprint density at radius 2 is 2.19 bits per heavy atom. The van der Waals surface area contributed by atoms with Crippen LogP contribution < -0.4 is 5.32 Å². The van der Waals surface area contributed by atoms with Crippen molar-refractivity contribution in [3.63, 3.8) is 0 Å². The highest BCUT2D eigenvalue weighted by molar-refractivity contribution is 7.89. The maximum absolute atomic E-state index is 12.5. The van der Waals surface area contributed by atoms with E-state index in [1.807, 2.05) is 17.5 Å². The summed E-state index contributed by atoms with van der Waals surface area (Å²) in [5.74, 6) is 0. The van der Waals surface area contributed by atoms with Gasteiger partial charge in [-0.3, -0.25) is 0 Å². The Morgan fingerprint density at radius 1 is 1.43 bits per heavy atom. The van der Waals surface area contributed by atoms with E-state index in [2.05, 4.69) is 24.1 Å². The fourth-order valence-corrected chi connectivity index (χ4v) is 3.88. The van der Waals surface area contributed by atoms with Crippen LogP contribution in [-0.2, 0) is 23.1 Å². The van der Waals surface area contributed by atoms with Crippen molar-refractivity contribution in [3.05, 3.63) is 40.3 Å². The third-order valence-corrected chi connectivity index (χ3v) is 5.73. The number of H-pyrrole nitrogens is 1. The molecule has 21 heavy (non-hydrogen) atoms. The molecule has 0 spiro atoms. The van der Waals surface area contributed by atoms with Crippen LogP contribution in [0.4, 0.5) is 0 Å². The summed E-state index contributed by atoms with van der Waals surface area (Å²) in [6.07, 6.45) is 1.55. The van der Waals surface area contributed by atoms with Crippen molar-refractivity contribution in [1.82, 2.24) is 14.6 Å². The molecule has 2 aromatic heterocycles. The summed E-state index contributed by atoms with van der Waals surface area (Å²) in [7, 11) is -1.85. The average Bonchev–Trinajstić information content (AvgIpc) is 3.07. The number of nitrogens with zero attached hydrogens (tertiary/aromatic N) is 1. The van der Waals surface area contributed by atoms with E-state index in [1.54, 1.807) is 30.6 Å². The average molecular weight is 327 g/mol. The lowest BCUT2D eigenvalue weighted by Gasteiger charge is -2.15. The molecule has 2 rings (SSSR count). The van der Waals surface area contributed by atoms with Gasteiger partial charge in [-0.15, -0.1) is 11.3 Å². The molecule has 0 aliphatic carbocycles. The topological polar surface area (TPSA) is 65.2 Å². The van der Waals surface area contributed by atoms with Crippen LogP contribution >= 0.6 is 11.3 Å². The molecule has 116 valence electrons. The summed E-state index contributed by atoms with van der Waals surface area (Å²) in [5.41, 5.74) is 0.867. The Hall–Kier alpha value is -1.15. The second-order valence-electron chi connectivity index (χ2n) is 5.24. The first-order valence-corrected chi connectivity index (χ1v) is 9.11. The highest BCUT2D eigenvalue weighted by Crippen LogP contribution is 2.19. The first kappa shape index (κ1) is 16.2. The van der Waals surface area contributed by atoms with Crippen LogP contribution in [-0.4, -0.2) is 30.8 Å². The number of rotatable bonds is 7. The smallest absolute Gasteiger partial charge is 0.244 e. The SMILES string of the molecule is CC(C)NCc1cc(S(=O)(=O)N(C)Cc2cccs2)c[nH]1. The second-order valence-corrected chi connectivity index (χ2v) is 8.31. The molecule has 0 aliphatic rings. The third kappa shape index (κ3) is 4.16. The molecule has 2 aromatic rings. The molecule has 0 saturated heterocycles. The molecule has 0 aliphatic heterocycles. The van der Waals surface area contributed by atoms with Gasteiger partial charge in [-0.25, -0.2) is 8.42 Å². The standard InChI is InChI=1S/C14H21N3O2S2/c1-11(2)15-8-12-7-14(9-16-12)21(18,19)17(3)10-13-5-4-6-20-13/h4-7,9,11,15-16H,8,10H2,1-3H3. The maximum atomic E-state index is 12.5. The van der Waals surface area contributed by atoms with E-state index < -0.39 is 10.0 Å². The fraction of sp³-hybridized carbons (Fsp3) is 0.429. The van der Waals surface area contributed by atoms with Crippen molar-refractivity contribution in [1.29, 1.82) is 0 Å². The Labute approximate surface area is 130 Å². The lowest BCUT2D eigenvalue weighted by Crippen LogP contribution is -2.25. The minimum Gasteiger partial charge on any atom is -0.363 e. The van der Waals surface area contributed by atoms with Gasteiger partial charge in [-0.1, -0.05) is 19.9 Å². The molecule has 0 radical (unpaired) electrons.